The summed E-state index contributed by atoms with van der Waals surface area (Å²) in [6, 6.07) is 5.88. The number of nitrogen functional groups attached to an aromatic ring is 1. The Morgan fingerprint density at radius 2 is 1.94 bits per heavy atom. The Morgan fingerprint density at radius 1 is 1.18 bits per heavy atom. The van der Waals surface area contributed by atoms with Crippen LogP contribution in [0.1, 0.15) is 41.4 Å². The summed E-state index contributed by atoms with van der Waals surface area (Å²) < 4.78 is 29.9. The summed E-state index contributed by atoms with van der Waals surface area (Å²) in [6.07, 6.45) is 5.70. The largest absolute Gasteiger partial charge is 0.383 e. The molecule has 1 aromatic carbocycles. The fourth-order valence-corrected chi connectivity index (χ4v) is 4.71. The number of fused-ring (bicyclic) bond motifs is 1. The molecule has 0 radical (unpaired) electrons. The third-order valence-electron chi connectivity index (χ3n) is 5.15. The molecular formula is C22H21ClN6O3S. The molecule has 4 aromatic rings. The quantitative estimate of drug-likeness (QED) is 0.395. The van der Waals surface area contributed by atoms with Crippen LogP contribution < -0.4 is 10.5 Å². The first-order valence-electron chi connectivity index (χ1n) is 9.98. The van der Waals surface area contributed by atoms with Crippen LogP contribution in [-0.2, 0) is 10.0 Å². The smallest absolute Gasteiger partial charge is 0.261 e. The summed E-state index contributed by atoms with van der Waals surface area (Å²) in [5.74, 6) is -0.198. The van der Waals surface area contributed by atoms with Gasteiger partial charge in [0.25, 0.3) is 10.0 Å². The molecule has 0 atom stereocenters. The van der Waals surface area contributed by atoms with Crippen LogP contribution in [0.3, 0.4) is 0 Å². The van der Waals surface area contributed by atoms with Gasteiger partial charge >= 0.3 is 0 Å². The molecule has 0 aliphatic rings. The van der Waals surface area contributed by atoms with Crippen LogP contribution in [0.4, 0.5) is 11.5 Å². The Balaban J connectivity index is 1.72. The second-order valence-electron chi connectivity index (χ2n) is 7.81. The lowest BCUT2D eigenvalue weighted by Gasteiger charge is -2.10. The first-order valence-corrected chi connectivity index (χ1v) is 11.8. The predicted octanol–water partition coefficient (Wildman–Crippen LogP) is 3.98. The number of nitrogens with two attached hydrogens (primary N) is 1. The van der Waals surface area contributed by atoms with Gasteiger partial charge in [-0.3, -0.25) is 14.5 Å². The topological polar surface area (TPSA) is 133 Å². The highest BCUT2D eigenvalue weighted by atomic mass is 35.5. The fourth-order valence-electron chi connectivity index (χ4n) is 3.40. The molecule has 0 aliphatic carbocycles. The third kappa shape index (κ3) is 4.27. The summed E-state index contributed by atoms with van der Waals surface area (Å²) in [7, 11) is -3.94. The highest BCUT2D eigenvalue weighted by molar-refractivity contribution is 7.92. The molecule has 170 valence electrons. The molecule has 0 aliphatic heterocycles. The summed E-state index contributed by atoms with van der Waals surface area (Å²) in [5, 5.41) is 0.776. The van der Waals surface area contributed by atoms with Gasteiger partial charge < -0.3 is 10.3 Å². The van der Waals surface area contributed by atoms with Gasteiger partial charge in [0, 0.05) is 29.0 Å². The Hall–Kier alpha value is -3.50. The monoisotopic (exact) mass is 484 g/mol. The number of anilines is 2. The van der Waals surface area contributed by atoms with E-state index in [4.69, 9.17) is 17.3 Å². The van der Waals surface area contributed by atoms with E-state index in [1.54, 1.807) is 19.2 Å². The SMILES string of the molecule is Cc1ccc(S(=O)(=O)Nc2cncc(C(=O)c3cn(C(C)C)c4ncnc(N)c34)c2)cc1Cl. The van der Waals surface area contributed by atoms with Crippen molar-refractivity contribution in [3.8, 4) is 0 Å². The number of aryl methyl sites for hydroxylation is 1. The van der Waals surface area contributed by atoms with E-state index in [1.165, 1.54) is 36.9 Å². The minimum Gasteiger partial charge on any atom is -0.383 e. The zero-order valence-electron chi connectivity index (χ0n) is 18.1. The van der Waals surface area contributed by atoms with Gasteiger partial charge in [-0.2, -0.15) is 0 Å². The lowest BCUT2D eigenvalue weighted by atomic mass is 10.1. The van der Waals surface area contributed by atoms with Crippen LogP contribution >= 0.6 is 11.6 Å². The molecule has 33 heavy (non-hydrogen) atoms. The molecule has 4 rings (SSSR count). The highest BCUT2D eigenvalue weighted by Crippen LogP contribution is 2.29. The molecule has 0 spiro atoms. The number of nitrogens with zero attached hydrogens (tertiary/aromatic N) is 4. The molecule has 11 heteroatoms. The zero-order chi connectivity index (χ0) is 23.9. The second-order valence-corrected chi connectivity index (χ2v) is 9.90. The second kappa shape index (κ2) is 8.45. The van der Waals surface area contributed by atoms with Crippen LogP contribution in [0.25, 0.3) is 11.0 Å². The molecule has 3 N–H and O–H groups in total. The number of pyridine rings is 1. The first kappa shape index (κ1) is 22.7. The van der Waals surface area contributed by atoms with Gasteiger partial charge in [0.05, 0.1) is 27.7 Å². The maximum Gasteiger partial charge on any atom is 0.261 e. The molecule has 0 bridgehead atoms. The van der Waals surface area contributed by atoms with E-state index in [2.05, 4.69) is 19.7 Å². The van der Waals surface area contributed by atoms with Crippen molar-refractivity contribution in [1.82, 2.24) is 19.5 Å². The highest BCUT2D eigenvalue weighted by Gasteiger charge is 2.22. The van der Waals surface area contributed by atoms with Crippen molar-refractivity contribution < 1.29 is 13.2 Å². The normalized spacial score (nSPS) is 11.8. The van der Waals surface area contributed by atoms with E-state index >= 15 is 0 Å². The molecule has 3 aromatic heterocycles. The average molecular weight is 485 g/mol. The van der Waals surface area contributed by atoms with Crippen LogP contribution in [0.5, 0.6) is 0 Å². The number of hydrogen-bond donors (Lipinski definition) is 2. The van der Waals surface area contributed by atoms with E-state index < -0.39 is 10.0 Å². The summed E-state index contributed by atoms with van der Waals surface area (Å²) >= 11 is 6.07. The van der Waals surface area contributed by atoms with Crippen molar-refractivity contribution in [2.75, 3.05) is 10.5 Å². The lowest BCUT2D eigenvalue weighted by Crippen LogP contribution is -2.14. The number of ketones is 1. The molecule has 0 fully saturated rings. The zero-order valence-corrected chi connectivity index (χ0v) is 19.6. The van der Waals surface area contributed by atoms with E-state index in [1.807, 2.05) is 18.4 Å². The number of hydrogen-bond acceptors (Lipinski definition) is 7. The number of rotatable bonds is 6. The number of halogens is 1. The molecule has 0 saturated carbocycles. The van der Waals surface area contributed by atoms with Gasteiger partial charge in [0.15, 0.2) is 5.78 Å². The Kier molecular flexibility index (Phi) is 5.81. The number of nitrogens with one attached hydrogen (secondary N) is 1. The van der Waals surface area contributed by atoms with Gasteiger partial charge in [-0.05, 0) is 44.5 Å². The Labute approximate surface area is 195 Å². The maximum atomic E-state index is 13.4. The summed E-state index contributed by atoms with van der Waals surface area (Å²) in [5.41, 5.74) is 7.98. The lowest BCUT2D eigenvalue weighted by molar-refractivity contribution is 0.103. The van der Waals surface area contributed by atoms with Gasteiger partial charge in [-0.1, -0.05) is 17.7 Å². The van der Waals surface area contributed by atoms with E-state index in [9.17, 15) is 13.2 Å². The minimum atomic E-state index is -3.94. The fraction of sp³-hybridized carbons (Fsp3) is 0.182. The molecule has 9 nitrogen and oxygen atoms in total. The maximum absolute atomic E-state index is 13.4. The molecule has 0 unspecified atom stereocenters. The van der Waals surface area contributed by atoms with E-state index in [0.717, 1.165) is 5.56 Å². The summed E-state index contributed by atoms with van der Waals surface area (Å²) in [6.45, 7) is 5.69. The first-order chi connectivity index (χ1) is 15.6. The minimum absolute atomic E-state index is 0.000226. The van der Waals surface area contributed by atoms with Gasteiger partial charge in [-0.25, -0.2) is 18.4 Å². The number of carbonyl (C=O) groups excluding carboxylic acids is 1. The van der Waals surface area contributed by atoms with Gasteiger partial charge in [-0.15, -0.1) is 0 Å². The van der Waals surface area contributed by atoms with Crippen molar-refractivity contribution >= 4 is 49.9 Å². The molecule has 0 amide bonds. The van der Waals surface area contributed by atoms with Gasteiger partial charge in [0.2, 0.25) is 0 Å². The van der Waals surface area contributed by atoms with Crippen molar-refractivity contribution in [1.29, 1.82) is 0 Å². The van der Waals surface area contributed by atoms with Crippen molar-refractivity contribution in [2.45, 2.75) is 31.7 Å². The standard InChI is InChI=1S/C22H21ClN6O3S/c1-12(2)29-10-17(19-21(24)26-11-27-22(19)29)20(30)14-6-15(9-25-8-14)28-33(31,32)16-5-4-13(3)18(23)7-16/h4-12,28H,1-3H3,(H2,24,26,27). The Bertz CT molecular complexity index is 1500. The number of sulfonamides is 1. The van der Waals surface area contributed by atoms with Crippen LogP contribution in [0.15, 0.2) is 54.1 Å². The summed E-state index contributed by atoms with van der Waals surface area (Å²) in [4.78, 5) is 25.7. The average Bonchev–Trinajstić information content (AvgIpc) is 3.16. The van der Waals surface area contributed by atoms with E-state index in [-0.39, 0.29) is 33.8 Å². The van der Waals surface area contributed by atoms with Crippen LogP contribution in [0.2, 0.25) is 5.02 Å². The van der Waals surface area contributed by atoms with Crippen molar-refractivity contribution in [2.24, 2.45) is 0 Å². The van der Waals surface area contributed by atoms with E-state index in [0.29, 0.717) is 21.6 Å². The van der Waals surface area contributed by atoms with Crippen LogP contribution in [-0.4, -0.2) is 33.7 Å². The predicted molar refractivity (Wildman–Crippen MR) is 127 cm³/mol. The molecular weight excluding hydrogens is 464 g/mol. The van der Waals surface area contributed by atoms with Crippen molar-refractivity contribution in [3.63, 3.8) is 0 Å². The number of carbonyl (C=O) groups is 1. The molecule has 3 heterocycles. The number of benzene rings is 1. The Morgan fingerprint density at radius 3 is 2.64 bits per heavy atom. The number of aromatic nitrogens is 4. The third-order valence-corrected chi connectivity index (χ3v) is 6.93. The van der Waals surface area contributed by atoms with Gasteiger partial charge in [0.1, 0.15) is 17.8 Å². The van der Waals surface area contributed by atoms with Crippen molar-refractivity contribution in [3.05, 3.63) is 70.9 Å². The molecule has 0 saturated heterocycles. The van der Waals surface area contributed by atoms with Crippen LogP contribution in [0, 0.1) is 6.92 Å².